The molecule has 3 unspecified atom stereocenters. The fourth-order valence-corrected chi connectivity index (χ4v) is 7.44. The molecule has 0 bridgehead atoms. The summed E-state index contributed by atoms with van der Waals surface area (Å²) in [7, 11) is 0. The number of nitrogens with two attached hydrogens (primary N) is 1. The summed E-state index contributed by atoms with van der Waals surface area (Å²) in [4.78, 5) is 4.79. The van der Waals surface area contributed by atoms with E-state index in [0.717, 1.165) is 35.5 Å². The summed E-state index contributed by atoms with van der Waals surface area (Å²) in [5.74, 6) is 1.89. The van der Waals surface area contributed by atoms with E-state index in [1.807, 2.05) is 31.2 Å². The Hall–Kier alpha value is -1.63. The Kier molecular flexibility index (Phi) is 5.03. The van der Waals surface area contributed by atoms with Crippen LogP contribution < -0.4 is 5.73 Å². The third-order valence-electron chi connectivity index (χ3n) is 5.43. The molecule has 1 aliphatic carbocycles. The zero-order valence-corrected chi connectivity index (χ0v) is 17.1. The second kappa shape index (κ2) is 6.83. The van der Waals surface area contributed by atoms with E-state index < -0.39 is 15.0 Å². The monoisotopic (exact) mass is 384 g/mol. The van der Waals surface area contributed by atoms with Gasteiger partial charge in [0, 0.05) is 5.92 Å². The lowest BCUT2D eigenvalue weighted by Gasteiger charge is -2.32. The third-order valence-corrected chi connectivity index (χ3v) is 8.97. The van der Waals surface area contributed by atoms with Crippen molar-refractivity contribution in [2.24, 2.45) is 21.6 Å². The lowest BCUT2D eigenvalue weighted by Crippen LogP contribution is -2.32. The van der Waals surface area contributed by atoms with Gasteiger partial charge in [-0.15, -0.1) is 23.5 Å². The molecule has 3 atom stereocenters. The lowest BCUT2D eigenvalue weighted by molar-refractivity contribution is 0.563. The number of aryl methyl sites for hydroxylation is 1. The fraction of sp³-hybridized carbons (Fsp3) is 0.550. The molecular formula is C20H24N4S2. The molecule has 1 fully saturated rings. The van der Waals surface area contributed by atoms with Crippen LogP contribution in [-0.2, 0) is 0 Å². The van der Waals surface area contributed by atoms with Crippen molar-refractivity contribution in [2.45, 2.75) is 43.7 Å². The van der Waals surface area contributed by atoms with E-state index >= 15 is 0 Å². The molecule has 4 nitrogen and oxygen atoms in total. The molecule has 26 heavy (non-hydrogen) atoms. The standard InChI is InChI=1S/C20H24N4S2/c1-4-10-25-20(26-11-5-2)19(13-22)16(15-9-7-6-8-14(15)3)18(19,12-21)17(23)24-20/h6-9,16H,4-5,10-11H2,1-3H3,(H2,23,24). The Morgan fingerprint density at radius 1 is 1.12 bits per heavy atom. The number of fused-ring (bicyclic) bond motifs is 1. The van der Waals surface area contributed by atoms with Gasteiger partial charge in [0.1, 0.15) is 16.7 Å². The van der Waals surface area contributed by atoms with Crippen LogP contribution in [0, 0.1) is 40.4 Å². The summed E-state index contributed by atoms with van der Waals surface area (Å²) in [6.45, 7) is 6.28. The Morgan fingerprint density at radius 2 is 1.73 bits per heavy atom. The molecule has 2 N–H and O–H groups in total. The fourth-order valence-electron chi connectivity index (χ4n) is 4.22. The smallest absolute Gasteiger partial charge is 0.175 e. The number of nitrogens with zero attached hydrogens (tertiary/aromatic N) is 3. The maximum Gasteiger partial charge on any atom is 0.175 e. The van der Waals surface area contributed by atoms with Crippen molar-refractivity contribution in [3.8, 4) is 12.1 Å². The number of thioether (sulfide) groups is 2. The number of benzene rings is 1. The SMILES string of the molecule is CCCSC1(SCCC)N=C(N)C2(C#N)C(c3ccccc3C)C12C#N. The molecule has 0 spiro atoms. The first kappa shape index (κ1) is 19.1. The predicted octanol–water partition coefficient (Wildman–Crippen LogP) is 4.42. The third kappa shape index (κ3) is 2.19. The molecule has 1 aromatic rings. The number of nitriles is 2. The van der Waals surface area contributed by atoms with Gasteiger partial charge >= 0.3 is 0 Å². The van der Waals surface area contributed by atoms with Gasteiger partial charge in [0.15, 0.2) is 4.20 Å². The molecule has 1 saturated carbocycles. The topological polar surface area (TPSA) is 86.0 Å². The van der Waals surface area contributed by atoms with Crippen LogP contribution in [0.15, 0.2) is 29.3 Å². The minimum Gasteiger partial charge on any atom is -0.386 e. The van der Waals surface area contributed by atoms with E-state index in [2.05, 4.69) is 26.0 Å². The van der Waals surface area contributed by atoms with E-state index in [9.17, 15) is 10.5 Å². The highest BCUT2D eigenvalue weighted by atomic mass is 32.2. The average molecular weight is 385 g/mol. The minimum absolute atomic E-state index is 0.225. The van der Waals surface area contributed by atoms with Crippen LogP contribution in [0.2, 0.25) is 0 Å². The van der Waals surface area contributed by atoms with E-state index in [1.165, 1.54) is 0 Å². The Bertz CT molecular complexity index is 814. The first-order valence-corrected chi connectivity index (χ1v) is 11.0. The van der Waals surface area contributed by atoms with Gasteiger partial charge < -0.3 is 5.73 Å². The largest absolute Gasteiger partial charge is 0.386 e. The summed E-state index contributed by atoms with van der Waals surface area (Å²) in [6.07, 6.45) is 1.98. The highest BCUT2D eigenvalue weighted by Gasteiger charge is 2.92. The van der Waals surface area contributed by atoms with Crippen molar-refractivity contribution in [3.63, 3.8) is 0 Å². The predicted molar refractivity (Wildman–Crippen MR) is 110 cm³/mol. The zero-order chi connectivity index (χ0) is 19.0. The number of rotatable bonds is 7. The summed E-state index contributed by atoms with van der Waals surface area (Å²) in [6, 6.07) is 13.0. The highest BCUT2D eigenvalue weighted by molar-refractivity contribution is 8.18. The van der Waals surface area contributed by atoms with Gasteiger partial charge in [-0.3, -0.25) is 0 Å². The quantitative estimate of drug-likeness (QED) is 0.703. The zero-order valence-electron chi connectivity index (χ0n) is 15.5. The van der Waals surface area contributed by atoms with Crippen LogP contribution in [0.1, 0.15) is 43.7 Å². The molecule has 0 amide bonds. The van der Waals surface area contributed by atoms with Gasteiger partial charge in [-0.1, -0.05) is 38.1 Å². The minimum atomic E-state index is -1.02. The van der Waals surface area contributed by atoms with Gasteiger partial charge in [-0.05, 0) is 42.4 Å². The van der Waals surface area contributed by atoms with Crippen LogP contribution in [-0.4, -0.2) is 21.5 Å². The highest BCUT2D eigenvalue weighted by Crippen LogP contribution is 2.85. The molecule has 1 aromatic carbocycles. The van der Waals surface area contributed by atoms with E-state index in [4.69, 9.17) is 10.7 Å². The van der Waals surface area contributed by atoms with Crippen LogP contribution in [0.25, 0.3) is 0 Å². The van der Waals surface area contributed by atoms with Gasteiger partial charge in [0.25, 0.3) is 0 Å². The molecule has 136 valence electrons. The summed E-state index contributed by atoms with van der Waals surface area (Å²) in [5, 5.41) is 20.5. The van der Waals surface area contributed by atoms with Crippen LogP contribution in [0.4, 0.5) is 0 Å². The molecule has 0 radical (unpaired) electrons. The molecule has 2 aliphatic rings. The van der Waals surface area contributed by atoms with Gasteiger partial charge in [-0.2, -0.15) is 10.5 Å². The molecule has 0 aromatic heterocycles. The second-order valence-electron chi connectivity index (χ2n) is 6.91. The second-order valence-corrected chi connectivity index (χ2v) is 9.74. The summed E-state index contributed by atoms with van der Waals surface area (Å²) in [5.41, 5.74) is 6.59. The Labute approximate surface area is 164 Å². The first-order valence-electron chi connectivity index (χ1n) is 9.03. The van der Waals surface area contributed by atoms with Gasteiger partial charge in [-0.25, -0.2) is 4.99 Å². The molecular weight excluding hydrogens is 360 g/mol. The van der Waals surface area contributed by atoms with Crippen molar-refractivity contribution < 1.29 is 0 Å². The number of hydrogen-bond donors (Lipinski definition) is 1. The van der Waals surface area contributed by atoms with Crippen LogP contribution in [0.5, 0.6) is 0 Å². The lowest BCUT2D eigenvalue weighted by atomic mass is 9.96. The molecule has 1 aliphatic heterocycles. The maximum absolute atomic E-state index is 10.4. The number of aliphatic imine (C=N–C) groups is 1. The van der Waals surface area contributed by atoms with Gasteiger partial charge in [0.2, 0.25) is 0 Å². The Morgan fingerprint density at radius 3 is 2.23 bits per heavy atom. The molecule has 6 heteroatoms. The summed E-state index contributed by atoms with van der Waals surface area (Å²) >= 11 is 3.38. The molecule has 1 heterocycles. The van der Waals surface area contributed by atoms with E-state index in [-0.39, 0.29) is 5.92 Å². The van der Waals surface area contributed by atoms with E-state index in [1.54, 1.807) is 23.5 Å². The normalized spacial score (nSPS) is 30.8. The van der Waals surface area contributed by atoms with Crippen molar-refractivity contribution in [3.05, 3.63) is 35.4 Å². The van der Waals surface area contributed by atoms with Crippen molar-refractivity contribution in [1.82, 2.24) is 0 Å². The number of amidine groups is 1. The van der Waals surface area contributed by atoms with Gasteiger partial charge in [0.05, 0.1) is 12.1 Å². The number of hydrogen-bond acceptors (Lipinski definition) is 6. The van der Waals surface area contributed by atoms with Crippen LogP contribution >= 0.6 is 23.5 Å². The average Bonchev–Trinajstić information content (AvgIpc) is 3.22. The van der Waals surface area contributed by atoms with Crippen molar-refractivity contribution >= 4 is 29.4 Å². The Balaban J connectivity index is 2.19. The maximum atomic E-state index is 10.4. The van der Waals surface area contributed by atoms with E-state index in [0.29, 0.717) is 5.84 Å². The molecule has 3 rings (SSSR count). The molecule has 0 saturated heterocycles. The summed E-state index contributed by atoms with van der Waals surface area (Å²) < 4.78 is -0.708. The first-order chi connectivity index (χ1) is 12.5. The van der Waals surface area contributed by atoms with Crippen molar-refractivity contribution in [2.75, 3.05) is 11.5 Å². The van der Waals surface area contributed by atoms with Crippen LogP contribution in [0.3, 0.4) is 0 Å². The van der Waals surface area contributed by atoms with Crippen molar-refractivity contribution in [1.29, 1.82) is 10.5 Å².